The van der Waals surface area contributed by atoms with Crippen molar-refractivity contribution in [2.45, 2.75) is 17.8 Å². The molecule has 4 rings (SSSR count). The predicted octanol–water partition coefficient (Wildman–Crippen LogP) is 3.79. The number of carbonyl (C=O) groups excluding carboxylic acids is 2. The zero-order chi connectivity index (χ0) is 19.2. The monoisotopic (exact) mass is 394 g/mol. The number of ether oxygens (including phenoxy) is 1. The number of nitrogens with zero attached hydrogens (tertiary/aromatic N) is 1. The molecule has 0 aliphatic carbocycles. The Balaban J connectivity index is 1.46. The summed E-state index contributed by atoms with van der Waals surface area (Å²) in [5.74, 6) is -0.487. The molecule has 27 heavy (non-hydrogen) atoms. The highest BCUT2D eigenvalue weighted by Crippen LogP contribution is 2.48. The molecule has 1 N–H and O–H groups in total. The standard InChI is InChI=1S/C18H13F3N2O3S/c19-18(20,21)26-11-7-5-10(6-8-11)22-15(24)14-9-27-17-13-4-2-1-3-12(13)16(25)23(14)17/h1-8,14,17H,9H2,(H,22,24). The lowest BCUT2D eigenvalue weighted by molar-refractivity contribution is -0.274. The quantitative estimate of drug-likeness (QED) is 0.861. The summed E-state index contributed by atoms with van der Waals surface area (Å²) in [6.45, 7) is 0. The summed E-state index contributed by atoms with van der Waals surface area (Å²) < 4.78 is 40.4. The molecular formula is C18H13F3N2O3S. The van der Waals surface area contributed by atoms with E-state index in [9.17, 15) is 22.8 Å². The zero-order valence-corrected chi connectivity index (χ0v) is 14.5. The maximum absolute atomic E-state index is 12.6. The van der Waals surface area contributed by atoms with Crippen LogP contribution in [0.15, 0.2) is 48.5 Å². The molecule has 2 aromatic rings. The van der Waals surface area contributed by atoms with Crippen LogP contribution in [-0.2, 0) is 4.79 Å². The van der Waals surface area contributed by atoms with Crippen LogP contribution in [0.3, 0.4) is 0 Å². The van der Waals surface area contributed by atoms with E-state index < -0.39 is 12.4 Å². The molecule has 2 aliphatic heterocycles. The van der Waals surface area contributed by atoms with Gasteiger partial charge in [0.15, 0.2) is 0 Å². The molecule has 2 heterocycles. The summed E-state index contributed by atoms with van der Waals surface area (Å²) in [7, 11) is 0. The molecule has 2 amide bonds. The Morgan fingerprint density at radius 1 is 1.15 bits per heavy atom. The Hall–Kier alpha value is -2.68. The van der Waals surface area contributed by atoms with E-state index in [4.69, 9.17) is 0 Å². The van der Waals surface area contributed by atoms with Gasteiger partial charge in [-0.1, -0.05) is 18.2 Å². The second-order valence-electron chi connectivity index (χ2n) is 6.06. The number of halogens is 3. The smallest absolute Gasteiger partial charge is 0.406 e. The third-order valence-corrected chi connectivity index (χ3v) is 5.66. The van der Waals surface area contributed by atoms with E-state index in [1.807, 2.05) is 12.1 Å². The van der Waals surface area contributed by atoms with Gasteiger partial charge in [0.1, 0.15) is 17.2 Å². The van der Waals surface area contributed by atoms with E-state index in [1.54, 1.807) is 17.0 Å². The lowest BCUT2D eigenvalue weighted by atomic mass is 10.1. The van der Waals surface area contributed by atoms with Crippen LogP contribution >= 0.6 is 11.8 Å². The van der Waals surface area contributed by atoms with Crippen LogP contribution in [0.5, 0.6) is 5.75 Å². The highest BCUT2D eigenvalue weighted by molar-refractivity contribution is 7.99. The van der Waals surface area contributed by atoms with Crippen LogP contribution in [0.25, 0.3) is 0 Å². The van der Waals surface area contributed by atoms with Crippen LogP contribution in [0.2, 0.25) is 0 Å². The fourth-order valence-electron chi connectivity index (χ4n) is 3.21. The number of anilines is 1. The first kappa shape index (κ1) is 17.7. The summed E-state index contributed by atoms with van der Waals surface area (Å²) in [5.41, 5.74) is 1.82. The predicted molar refractivity (Wildman–Crippen MR) is 93.4 cm³/mol. The number of hydrogen-bond acceptors (Lipinski definition) is 4. The summed E-state index contributed by atoms with van der Waals surface area (Å²) in [6.07, 6.45) is -4.77. The molecule has 1 fully saturated rings. The summed E-state index contributed by atoms with van der Waals surface area (Å²) in [5, 5.41) is 2.46. The van der Waals surface area contributed by atoms with Gasteiger partial charge in [-0.05, 0) is 35.9 Å². The van der Waals surface area contributed by atoms with Gasteiger partial charge >= 0.3 is 6.36 Å². The van der Waals surface area contributed by atoms with Crippen LogP contribution in [-0.4, -0.2) is 34.9 Å². The third kappa shape index (κ3) is 3.34. The number of thioether (sulfide) groups is 1. The van der Waals surface area contributed by atoms with Gasteiger partial charge in [0.05, 0.1) is 0 Å². The first-order valence-electron chi connectivity index (χ1n) is 8.03. The number of hydrogen-bond donors (Lipinski definition) is 1. The highest BCUT2D eigenvalue weighted by atomic mass is 32.2. The first-order valence-corrected chi connectivity index (χ1v) is 9.08. The van der Waals surface area contributed by atoms with E-state index in [-0.39, 0.29) is 22.9 Å². The first-order chi connectivity index (χ1) is 12.8. The molecule has 0 saturated carbocycles. The van der Waals surface area contributed by atoms with Gasteiger partial charge < -0.3 is 15.0 Å². The maximum atomic E-state index is 12.6. The van der Waals surface area contributed by atoms with Gasteiger partial charge in [0.25, 0.3) is 5.91 Å². The molecule has 9 heteroatoms. The van der Waals surface area contributed by atoms with E-state index >= 15 is 0 Å². The largest absolute Gasteiger partial charge is 0.573 e. The third-order valence-electron chi connectivity index (χ3n) is 4.35. The summed E-state index contributed by atoms with van der Waals surface area (Å²) in [4.78, 5) is 26.8. The molecule has 0 aromatic heterocycles. The normalized spacial score (nSPS) is 21.0. The average Bonchev–Trinajstić information content (AvgIpc) is 3.16. The van der Waals surface area contributed by atoms with E-state index in [0.717, 1.165) is 17.7 Å². The lowest BCUT2D eigenvalue weighted by Gasteiger charge is -2.22. The van der Waals surface area contributed by atoms with Crippen molar-refractivity contribution < 1.29 is 27.5 Å². The van der Waals surface area contributed by atoms with Crippen molar-refractivity contribution in [3.63, 3.8) is 0 Å². The van der Waals surface area contributed by atoms with Crippen LogP contribution in [0.1, 0.15) is 21.3 Å². The molecule has 0 spiro atoms. The number of amides is 2. The van der Waals surface area contributed by atoms with Crippen molar-refractivity contribution in [1.29, 1.82) is 0 Å². The van der Waals surface area contributed by atoms with Crippen LogP contribution in [0.4, 0.5) is 18.9 Å². The van der Waals surface area contributed by atoms with E-state index in [2.05, 4.69) is 10.1 Å². The van der Waals surface area contributed by atoms with Gasteiger partial charge in [-0.3, -0.25) is 9.59 Å². The molecule has 2 aliphatic rings. The minimum absolute atomic E-state index is 0.185. The molecule has 2 atom stereocenters. The van der Waals surface area contributed by atoms with Gasteiger partial charge in [-0.15, -0.1) is 24.9 Å². The Morgan fingerprint density at radius 3 is 2.56 bits per heavy atom. The van der Waals surface area contributed by atoms with E-state index in [0.29, 0.717) is 17.0 Å². The Bertz CT molecular complexity index is 901. The van der Waals surface area contributed by atoms with Gasteiger partial charge in [-0.25, -0.2) is 0 Å². The van der Waals surface area contributed by atoms with Crippen molar-refractivity contribution in [2.75, 3.05) is 11.1 Å². The molecule has 1 saturated heterocycles. The minimum Gasteiger partial charge on any atom is -0.406 e. The number of alkyl halides is 3. The van der Waals surface area contributed by atoms with Crippen LogP contribution in [0, 0.1) is 0 Å². The number of rotatable bonds is 3. The minimum atomic E-state index is -4.77. The topological polar surface area (TPSA) is 58.6 Å². The molecule has 5 nitrogen and oxygen atoms in total. The molecule has 0 bridgehead atoms. The maximum Gasteiger partial charge on any atom is 0.573 e. The van der Waals surface area contributed by atoms with Crippen LogP contribution < -0.4 is 10.1 Å². The summed E-state index contributed by atoms with van der Waals surface area (Å²) >= 11 is 1.51. The van der Waals surface area contributed by atoms with Gasteiger partial charge in [0.2, 0.25) is 5.91 Å². The molecule has 0 radical (unpaired) electrons. The number of benzene rings is 2. The second-order valence-corrected chi connectivity index (χ2v) is 7.18. The average molecular weight is 394 g/mol. The van der Waals surface area contributed by atoms with Crippen molar-refractivity contribution in [2.24, 2.45) is 0 Å². The zero-order valence-electron chi connectivity index (χ0n) is 13.7. The lowest BCUT2D eigenvalue weighted by Crippen LogP contribution is -2.42. The number of nitrogens with one attached hydrogen (secondary N) is 1. The van der Waals surface area contributed by atoms with Crippen molar-refractivity contribution >= 4 is 29.3 Å². The van der Waals surface area contributed by atoms with E-state index in [1.165, 1.54) is 23.9 Å². The fraction of sp³-hybridized carbons (Fsp3) is 0.222. The molecule has 2 aromatic carbocycles. The number of carbonyl (C=O) groups is 2. The highest BCUT2D eigenvalue weighted by Gasteiger charge is 2.48. The van der Waals surface area contributed by atoms with Gasteiger partial charge in [0, 0.05) is 17.0 Å². The van der Waals surface area contributed by atoms with Gasteiger partial charge in [-0.2, -0.15) is 0 Å². The molecular weight excluding hydrogens is 381 g/mol. The Labute approximate surface area is 156 Å². The summed E-state index contributed by atoms with van der Waals surface area (Å²) in [6, 6.07) is 11.5. The Kier molecular flexibility index (Phi) is 4.26. The Morgan fingerprint density at radius 2 is 1.85 bits per heavy atom. The fourth-order valence-corrected chi connectivity index (χ4v) is 4.67. The molecule has 140 valence electrons. The molecule has 2 unspecified atom stereocenters. The van der Waals surface area contributed by atoms with Crippen molar-refractivity contribution in [3.05, 3.63) is 59.7 Å². The van der Waals surface area contributed by atoms with Crippen molar-refractivity contribution in [3.8, 4) is 5.75 Å². The second kappa shape index (κ2) is 6.49. The SMILES string of the molecule is O=C(Nc1ccc(OC(F)(F)F)cc1)C1CSC2c3ccccc3C(=O)N12. The number of fused-ring (bicyclic) bond motifs is 3. The van der Waals surface area contributed by atoms with Crippen molar-refractivity contribution in [1.82, 2.24) is 4.90 Å².